The van der Waals surface area contributed by atoms with Crippen LogP contribution in [0.15, 0.2) is 0 Å². The third-order valence-electron chi connectivity index (χ3n) is 1.92. The summed E-state index contributed by atoms with van der Waals surface area (Å²) in [6, 6.07) is 0.0428. The SMILES string of the molecule is C#CC1CCCC(=O)N1C. The van der Waals surface area contributed by atoms with Crippen LogP contribution >= 0.6 is 0 Å². The highest BCUT2D eigenvalue weighted by atomic mass is 16.2. The summed E-state index contributed by atoms with van der Waals surface area (Å²) in [6.45, 7) is 0. The maximum absolute atomic E-state index is 11.0. The van der Waals surface area contributed by atoms with Crippen molar-refractivity contribution in [3.63, 3.8) is 0 Å². The first-order valence-corrected chi connectivity index (χ1v) is 3.47. The van der Waals surface area contributed by atoms with Crippen LogP contribution < -0.4 is 0 Å². The Balaban J connectivity index is 2.61. The molecular formula is C8H11NO. The predicted molar refractivity (Wildman–Crippen MR) is 39.2 cm³/mol. The van der Waals surface area contributed by atoms with E-state index in [4.69, 9.17) is 6.42 Å². The molecule has 0 aromatic carbocycles. The molecule has 0 aromatic heterocycles. The standard InChI is InChI=1S/C8H11NO/c1-3-7-5-4-6-8(10)9(7)2/h1,7H,4-6H2,2H3. The smallest absolute Gasteiger partial charge is 0.223 e. The highest BCUT2D eigenvalue weighted by Crippen LogP contribution is 2.14. The predicted octanol–water partition coefficient (Wildman–Crippen LogP) is 0.630. The largest absolute Gasteiger partial charge is 0.332 e. The molecular weight excluding hydrogens is 126 g/mol. The molecule has 2 heteroatoms. The van der Waals surface area contributed by atoms with Crippen molar-refractivity contribution >= 4 is 5.91 Å². The maximum Gasteiger partial charge on any atom is 0.223 e. The molecule has 1 amide bonds. The zero-order chi connectivity index (χ0) is 7.56. The van der Waals surface area contributed by atoms with E-state index in [0.717, 1.165) is 12.8 Å². The number of nitrogens with zero attached hydrogens (tertiary/aromatic N) is 1. The van der Waals surface area contributed by atoms with Crippen molar-refractivity contribution < 1.29 is 4.79 Å². The van der Waals surface area contributed by atoms with Gasteiger partial charge in [-0.1, -0.05) is 5.92 Å². The molecule has 0 N–H and O–H groups in total. The van der Waals surface area contributed by atoms with E-state index in [1.807, 2.05) is 0 Å². The van der Waals surface area contributed by atoms with Gasteiger partial charge in [0.1, 0.15) is 0 Å². The van der Waals surface area contributed by atoms with Crippen LogP contribution in [0.25, 0.3) is 0 Å². The summed E-state index contributed by atoms with van der Waals surface area (Å²) in [7, 11) is 1.77. The number of rotatable bonds is 0. The number of piperidine rings is 1. The zero-order valence-electron chi connectivity index (χ0n) is 6.13. The second kappa shape index (κ2) is 2.74. The van der Waals surface area contributed by atoms with Crippen molar-refractivity contribution in [3.8, 4) is 12.3 Å². The highest BCUT2D eigenvalue weighted by Gasteiger charge is 2.22. The van der Waals surface area contributed by atoms with Gasteiger partial charge in [0.2, 0.25) is 5.91 Å². The van der Waals surface area contributed by atoms with E-state index in [2.05, 4.69) is 5.92 Å². The molecule has 0 bridgehead atoms. The number of hydrogen-bond acceptors (Lipinski definition) is 1. The lowest BCUT2D eigenvalue weighted by Crippen LogP contribution is -2.39. The summed E-state index contributed by atoms with van der Waals surface area (Å²) in [5.41, 5.74) is 0. The van der Waals surface area contributed by atoms with Gasteiger partial charge in [0.25, 0.3) is 0 Å². The normalized spacial score (nSPS) is 26.2. The lowest BCUT2D eigenvalue weighted by atomic mass is 10.0. The number of hydrogen-bond donors (Lipinski definition) is 0. The number of carbonyl (C=O) groups excluding carboxylic acids is 1. The van der Waals surface area contributed by atoms with Gasteiger partial charge in [-0.25, -0.2) is 0 Å². The van der Waals surface area contributed by atoms with E-state index in [1.54, 1.807) is 11.9 Å². The van der Waals surface area contributed by atoms with Crippen molar-refractivity contribution in [2.24, 2.45) is 0 Å². The molecule has 2 nitrogen and oxygen atoms in total. The van der Waals surface area contributed by atoms with Crippen molar-refractivity contribution in [3.05, 3.63) is 0 Å². The molecule has 1 unspecified atom stereocenters. The van der Waals surface area contributed by atoms with Crippen molar-refractivity contribution in [1.82, 2.24) is 4.90 Å². The molecule has 0 aliphatic carbocycles. The van der Waals surface area contributed by atoms with Gasteiger partial charge in [-0.05, 0) is 12.8 Å². The Morgan fingerprint density at radius 1 is 1.80 bits per heavy atom. The van der Waals surface area contributed by atoms with Crippen molar-refractivity contribution in [2.75, 3.05) is 7.05 Å². The topological polar surface area (TPSA) is 20.3 Å². The molecule has 1 heterocycles. The van der Waals surface area contributed by atoms with Gasteiger partial charge >= 0.3 is 0 Å². The molecule has 54 valence electrons. The molecule has 1 aliphatic rings. The van der Waals surface area contributed by atoms with Crippen LogP contribution in [0.3, 0.4) is 0 Å². The third-order valence-corrected chi connectivity index (χ3v) is 1.92. The monoisotopic (exact) mass is 137 g/mol. The minimum Gasteiger partial charge on any atom is -0.332 e. The molecule has 0 aromatic rings. The quantitative estimate of drug-likeness (QED) is 0.448. The number of terminal acetylenes is 1. The Morgan fingerprint density at radius 3 is 3.00 bits per heavy atom. The second-order valence-electron chi connectivity index (χ2n) is 2.58. The molecule has 0 radical (unpaired) electrons. The molecule has 1 saturated heterocycles. The third kappa shape index (κ3) is 1.13. The maximum atomic E-state index is 11.0. The number of amides is 1. The van der Waals surface area contributed by atoms with Gasteiger partial charge in [0.15, 0.2) is 0 Å². The summed E-state index contributed by atoms with van der Waals surface area (Å²) < 4.78 is 0. The van der Waals surface area contributed by atoms with Gasteiger partial charge in [-0.2, -0.15) is 0 Å². The van der Waals surface area contributed by atoms with Gasteiger partial charge in [-0.3, -0.25) is 4.79 Å². The second-order valence-corrected chi connectivity index (χ2v) is 2.58. The first kappa shape index (κ1) is 7.14. The first-order chi connectivity index (χ1) is 4.75. The minimum atomic E-state index is 0.0428. The van der Waals surface area contributed by atoms with Crippen molar-refractivity contribution in [2.45, 2.75) is 25.3 Å². The zero-order valence-corrected chi connectivity index (χ0v) is 6.13. The van der Waals surface area contributed by atoms with Gasteiger partial charge < -0.3 is 4.90 Å². The molecule has 1 atom stereocenters. The lowest BCUT2D eigenvalue weighted by molar-refractivity contribution is -0.133. The molecule has 10 heavy (non-hydrogen) atoms. The van der Waals surface area contributed by atoms with Crippen LogP contribution in [0.2, 0.25) is 0 Å². The van der Waals surface area contributed by atoms with Gasteiger partial charge in [0, 0.05) is 13.5 Å². The minimum absolute atomic E-state index is 0.0428. The van der Waals surface area contributed by atoms with Crippen LogP contribution in [0, 0.1) is 12.3 Å². The van der Waals surface area contributed by atoms with Crippen LogP contribution in [0.4, 0.5) is 0 Å². The fourth-order valence-electron chi connectivity index (χ4n) is 1.19. The van der Waals surface area contributed by atoms with Crippen LogP contribution in [-0.4, -0.2) is 23.9 Å². The first-order valence-electron chi connectivity index (χ1n) is 3.47. The summed E-state index contributed by atoms with van der Waals surface area (Å²) in [5.74, 6) is 2.76. The number of carbonyl (C=O) groups is 1. The molecule has 0 spiro atoms. The van der Waals surface area contributed by atoms with Crippen molar-refractivity contribution in [1.29, 1.82) is 0 Å². The average molecular weight is 137 g/mol. The fraction of sp³-hybridized carbons (Fsp3) is 0.625. The van der Waals surface area contributed by atoms with Crippen LogP contribution in [-0.2, 0) is 4.79 Å². The van der Waals surface area contributed by atoms with E-state index in [-0.39, 0.29) is 11.9 Å². The summed E-state index contributed by atoms with van der Waals surface area (Å²) in [6.07, 6.45) is 7.77. The number of likely N-dealkylation sites (tertiary alicyclic amines) is 1. The fourth-order valence-corrected chi connectivity index (χ4v) is 1.19. The van der Waals surface area contributed by atoms with E-state index in [0.29, 0.717) is 6.42 Å². The van der Waals surface area contributed by atoms with E-state index in [9.17, 15) is 4.79 Å². The summed E-state index contributed by atoms with van der Waals surface area (Å²) in [4.78, 5) is 12.6. The molecule has 0 saturated carbocycles. The average Bonchev–Trinajstić information content (AvgIpc) is 1.95. The molecule has 1 aliphatic heterocycles. The Labute approximate surface area is 61.2 Å². The van der Waals surface area contributed by atoms with Crippen LogP contribution in [0.1, 0.15) is 19.3 Å². The van der Waals surface area contributed by atoms with Crippen LogP contribution in [0.5, 0.6) is 0 Å². The summed E-state index contributed by atoms with van der Waals surface area (Å²) in [5, 5.41) is 0. The molecule has 1 rings (SSSR count). The Morgan fingerprint density at radius 2 is 2.50 bits per heavy atom. The Bertz CT molecular complexity index is 180. The Kier molecular flexibility index (Phi) is 1.96. The van der Waals surface area contributed by atoms with E-state index < -0.39 is 0 Å². The highest BCUT2D eigenvalue weighted by molar-refractivity contribution is 5.77. The van der Waals surface area contributed by atoms with Gasteiger partial charge in [-0.15, -0.1) is 6.42 Å². The lowest BCUT2D eigenvalue weighted by Gasteiger charge is -2.28. The van der Waals surface area contributed by atoms with E-state index >= 15 is 0 Å². The molecule has 1 fully saturated rings. The Hall–Kier alpha value is -0.970. The van der Waals surface area contributed by atoms with Gasteiger partial charge in [0.05, 0.1) is 6.04 Å². The summed E-state index contributed by atoms with van der Waals surface area (Å²) >= 11 is 0. The van der Waals surface area contributed by atoms with E-state index in [1.165, 1.54) is 0 Å².